The Balaban J connectivity index is 2.95. The van der Waals surface area contributed by atoms with Crippen molar-refractivity contribution in [3.8, 4) is 0 Å². The summed E-state index contributed by atoms with van der Waals surface area (Å²) in [5.41, 5.74) is 3.04. The van der Waals surface area contributed by atoms with Crippen molar-refractivity contribution in [1.29, 1.82) is 0 Å². The number of carboxylic acids is 1. The van der Waals surface area contributed by atoms with Gasteiger partial charge < -0.3 is 10.4 Å². The number of hydrogen-bond acceptors (Lipinski definition) is 2. The summed E-state index contributed by atoms with van der Waals surface area (Å²) in [4.78, 5) is 21.1. The number of hydrogen-bond donors (Lipinski definition) is 2. The number of rotatable bonds is 5. The molecule has 2 N–H and O–H groups in total. The van der Waals surface area contributed by atoms with Crippen LogP contribution in [-0.4, -0.2) is 17.5 Å². The zero-order valence-electron chi connectivity index (χ0n) is 9.36. The van der Waals surface area contributed by atoms with Crippen molar-refractivity contribution in [3.05, 3.63) is 34.9 Å². The summed E-state index contributed by atoms with van der Waals surface area (Å²) >= 11 is 0. The highest BCUT2D eigenvalue weighted by Crippen LogP contribution is 2.19. The summed E-state index contributed by atoms with van der Waals surface area (Å²) in [5.74, 6) is -0.933. The Hall–Kier alpha value is -1.84. The molecule has 0 unspecified atom stereocenters. The Morgan fingerprint density at radius 2 is 2.12 bits per heavy atom. The molecule has 4 nitrogen and oxygen atoms in total. The van der Waals surface area contributed by atoms with Gasteiger partial charge in [-0.2, -0.15) is 0 Å². The van der Waals surface area contributed by atoms with E-state index in [0.29, 0.717) is 6.41 Å². The molecule has 1 aromatic carbocycles. The molecule has 0 bridgehead atoms. The van der Waals surface area contributed by atoms with Crippen LogP contribution in [0.25, 0.3) is 0 Å². The third-order valence-electron chi connectivity index (χ3n) is 2.58. The highest BCUT2D eigenvalue weighted by Gasteiger charge is 2.14. The Morgan fingerprint density at radius 1 is 1.44 bits per heavy atom. The number of nitrogens with one attached hydrogen (secondary N) is 1. The summed E-state index contributed by atoms with van der Waals surface area (Å²) in [6.07, 6.45) is 0.421. The third-order valence-corrected chi connectivity index (χ3v) is 2.58. The number of benzene rings is 1. The highest BCUT2D eigenvalue weighted by atomic mass is 16.4. The normalized spacial score (nSPS) is 11.9. The molecule has 0 fully saturated rings. The third kappa shape index (κ3) is 3.08. The van der Waals surface area contributed by atoms with Gasteiger partial charge in [0.15, 0.2) is 0 Å². The van der Waals surface area contributed by atoms with Gasteiger partial charge in [-0.3, -0.25) is 9.59 Å². The molecule has 86 valence electrons. The first-order valence-corrected chi connectivity index (χ1v) is 5.03. The molecule has 1 amide bonds. The summed E-state index contributed by atoms with van der Waals surface area (Å²) < 4.78 is 0. The minimum absolute atomic E-state index is 0.110. The second kappa shape index (κ2) is 5.30. The number of aryl methyl sites for hydroxylation is 2. The van der Waals surface area contributed by atoms with Gasteiger partial charge in [0.2, 0.25) is 6.41 Å². The molecule has 0 radical (unpaired) electrons. The second-order valence-corrected chi connectivity index (χ2v) is 3.78. The number of carboxylic acid groups (broad SMARTS) is 1. The van der Waals surface area contributed by atoms with Crippen LogP contribution in [0.15, 0.2) is 18.2 Å². The Labute approximate surface area is 94.3 Å². The van der Waals surface area contributed by atoms with Gasteiger partial charge in [-0.1, -0.05) is 18.2 Å². The minimum atomic E-state index is -0.933. The Bertz CT molecular complexity index is 401. The number of carbonyl (C=O) groups excluding carboxylic acids is 1. The van der Waals surface area contributed by atoms with E-state index in [1.807, 2.05) is 32.0 Å². The van der Waals surface area contributed by atoms with Gasteiger partial charge >= 0.3 is 5.97 Å². The maximum Gasteiger partial charge on any atom is 0.305 e. The predicted molar refractivity (Wildman–Crippen MR) is 60.1 cm³/mol. The molecule has 0 aromatic heterocycles. The van der Waals surface area contributed by atoms with E-state index in [-0.39, 0.29) is 6.42 Å². The SMILES string of the molecule is Cc1ccc([C@H](CC(=O)O)NC=O)cc1C. The fourth-order valence-electron chi connectivity index (χ4n) is 1.51. The van der Waals surface area contributed by atoms with Crippen LogP contribution in [0.5, 0.6) is 0 Å². The van der Waals surface area contributed by atoms with E-state index in [1.165, 1.54) is 0 Å². The van der Waals surface area contributed by atoms with E-state index < -0.39 is 12.0 Å². The second-order valence-electron chi connectivity index (χ2n) is 3.78. The van der Waals surface area contributed by atoms with Crippen LogP contribution in [0.3, 0.4) is 0 Å². The number of amides is 1. The van der Waals surface area contributed by atoms with Crippen molar-refractivity contribution >= 4 is 12.4 Å². The lowest BCUT2D eigenvalue weighted by Gasteiger charge is -2.15. The Kier molecular flexibility index (Phi) is 4.05. The Morgan fingerprint density at radius 3 is 2.62 bits per heavy atom. The van der Waals surface area contributed by atoms with Gasteiger partial charge in [0, 0.05) is 0 Å². The molecule has 0 heterocycles. The van der Waals surface area contributed by atoms with E-state index in [0.717, 1.165) is 16.7 Å². The van der Waals surface area contributed by atoms with E-state index in [9.17, 15) is 9.59 Å². The molecule has 0 aliphatic heterocycles. The van der Waals surface area contributed by atoms with E-state index in [2.05, 4.69) is 5.32 Å². The fourth-order valence-corrected chi connectivity index (χ4v) is 1.51. The van der Waals surface area contributed by atoms with Crippen LogP contribution in [-0.2, 0) is 9.59 Å². The van der Waals surface area contributed by atoms with Crippen LogP contribution in [0, 0.1) is 13.8 Å². The van der Waals surface area contributed by atoms with Gasteiger partial charge in [-0.05, 0) is 30.5 Å². The van der Waals surface area contributed by atoms with Crippen molar-refractivity contribution in [3.63, 3.8) is 0 Å². The zero-order chi connectivity index (χ0) is 12.1. The molecule has 1 aromatic rings. The minimum Gasteiger partial charge on any atom is -0.481 e. The molecule has 1 atom stereocenters. The van der Waals surface area contributed by atoms with Crippen molar-refractivity contribution in [1.82, 2.24) is 5.32 Å². The quantitative estimate of drug-likeness (QED) is 0.741. The molecule has 0 aliphatic carbocycles. The number of carbonyl (C=O) groups is 2. The molecule has 0 saturated carbocycles. The molecule has 0 saturated heterocycles. The molecule has 16 heavy (non-hydrogen) atoms. The van der Waals surface area contributed by atoms with Crippen molar-refractivity contribution in [2.24, 2.45) is 0 Å². The first-order valence-electron chi connectivity index (χ1n) is 5.03. The van der Waals surface area contributed by atoms with Gasteiger partial charge in [0.25, 0.3) is 0 Å². The van der Waals surface area contributed by atoms with E-state index >= 15 is 0 Å². The number of aliphatic carboxylic acids is 1. The lowest BCUT2D eigenvalue weighted by Crippen LogP contribution is -2.22. The topological polar surface area (TPSA) is 66.4 Å². The maximum absolute atomic E-state index is 10.7. The van der Waals surface area contributed by atoms with E-state index in [4.69, 9.17) is 5.11 Å². The van der Waals surface area contributed by atoms with Crippen LogP contribution in [0.1, 0.15) is 29.2 Å². The van der Waals surface area contributed by atoms with Crippen LogP contribution >= 0.6 is 0 Å². The van der Waals surface area contributed by atoms with E-state index in [1.54, 1.807) is 0 Å². The zero-order valence-corrected chi connectivity index (χ0v) is 9.36. The van der Waals surface area contributed by atoms with Crippen LogP contribution in [0.2, 0.25) is 0 Å². The monoisotopic (exact) mass is 221 g/mol. The van der Waals surface area contributed by atoms with Crippen LogP contribution < -0.4 is 5.32 Å². The van der Waals surface area contributed by atoms with Gasteiger partial charge in [0.05, 0.1) is 12.5 Å². The summed E-state index contributed by atoms with van der Waals surface area (Å²) in [6.45, 7) is 3.94. The van der Waals surface area contributed by atoms with Gasteiger partial charge in [-0.15, -0.1) is 0 Å². The van der Waals surface area contributed by atoms with Crippen molar-refractivity contribution in [2.75, 3.05) is 0 Å². The van der Waals surface area contributed by atoms with Gasteiger partial charge in [-0.25, -0.2) is 0 Å². The summed E-state index contributed by atoms with van der Waals surface area (Å²) in [5, 5.41) is 11.3. The summed E-state index contributed by atoms with van der Waals surface area (Å²) in [7, 11) is 0. The van der Waals surface area contributed by atoms with Crippen molar-refractivity contribution < 1.29 is 14.7 Å². The average Bonchev–Trinajstić information content (AvgIpc) is 2.21. The average molecular weight is 221 g/mol. The van der Waals surface area contributed by atoms with Crippen LogP contribution in [0.4, 0.5) is 0 Å². The molecular formula is C12H15NO3. The largest absolute Gasteiger partial charge is 0.481 e. The molecule has 1 rings (SSSR count). The smallest absolute Gasteiger partial charge is 0.305 e. The first-order chi connectivity index (χ1) is 7.54. The fraction of sp³-hybridized carbons (Fsp3) is 0.333. The standard InChI is InChI=1S/C12H15NO3/c1-8-3-4-10(5-9(8)2)11(13-7-14)6-12(15)16/h3-5,7,11H,6H2,1-2H3,(H,13,14)(H,15,16)/t11-/m0/s1. The first kappa shape index (κ1) is 12.2. The predicted octanol–water partition coefficient (Wildman–Crippen LogP) is 1.57. The molecule has 0 aliphatic rings. The molecular weight excluding hydrogens is 206 g/mol. The maximum atomic E-state index is 10.7. The lowest BCUT2D eigenvalue weighted by atomic mass is 9.99. The lowest BCUT2D eigenvalue weighted by molar-refractivity contribution is -0.137. The van der Waals surface area contributed by atoms with Crippen molar-refractivity contribution in [2.45, 2.75) is 26.3 Å². The highest BCUT2D eigenvalue weighted by molar-refractivity contribution is 5.68. The summed E-state index contributed by atoms with van der Waals surface area (Å²) in [6, 6.07) is 5.20. The molecule has 0 spiro atoms. The molecule has 4 heteroatoms. The van der Waals surface area contributed by atoms with Gasteiger partial charge in [0.1, 0.15) is 0 Å².